The predicted octanol–water partition coefficient (Wildman–Crippen LogP) is 2.75. The maximum absolute atomic E-state index is 14.7. The minimum Gasteiger partial charge on any atom is -0.447 e. The Hall–Kier alpha value is -4.42. The highest BCUT2D eigenvalue weighted by atomic mass is 16.5. The average molecular weight is 707 g/mol. The zero-order valence-corrected chi connectivity index (χ0v) is 30.7. The topological polar surface area (TPSA) is 189 Å². The largest absolute Gasteiger partial charge is 0.447 e. The first-order valence-electron chi connectivity index (χ1n) is 18.1. The zero-order chi connectivity index (χ0) is 37.4. The SMILES string of the molecule is C=C(C)[C@@H](COC(=O)NC(C)(C)C)NC(=O)N[C@H](C(=O)N1C[C@H]2[C@@H]([C@H]1C(=O)NC(CC1CCC1)C(=O)C(N)=O)C2(C)C)C1Cc2ccccc2C1. The van der Waals surface area contributed by atoms with Gasteiger partial charge in [-0.1, -0.05) is 69.5 Å². The molecule has 1 aromatic rings. The van der Waals surface area contributed by atoms with Crippen molar-refractivity contribution in [3.05, 3.63) is 47.5 Å². The van der Waals surface area contributed by atoms with E-state index in [1.165, 1.54) is 0 Å². The number of urea groups is 1. The molecule has 13 heteroatoms. The van der Waals surface area contributed by atoms with E-state index >= 15 is 0 Å². The van der Waals surface area contributed by atoms with Crippen LogP contribution in [0.5, 0.6) is 0 Å². The number of hydrogen-bond donors (Lipinski definition) is 5. The lowest BCUT2D eigenvalue weighted by Crippen LogP contribution is -2.61. The number of nitrogens with two attached hydrogens (primary N) is 1. The number of piperidine rings is 1. The van der Waals surface area contributed by atoms with Gasteiger partial charge in [0.25, 0.3) is 5.91 Å². The highest BCUT2D eigenvalue weighted by molar-refractivity contribution is 6.37. The van der Waals surface area contributed by atoms with Gasteiger partial charge in [-0.05, 0) is 87.2 Å². The molecular weight excluding hydrogens is 652 g/mol. The average Bonchev–Trinajstić information content (AvgIpc) is 3.38. The Morgan fingerprint density at radius 3 is 2.16 bits per heavy atom. The van der Waals surface area contributed by atoms with Crippen molar-refractivity contribution in [3.63, 3.8) is 0 Å². The van der Waals surface area contributed by atoms with E-state index in [0.29, 0.717) is 31.4 Å². The van der Waals surface area contributed by atoms with Crippen molar-refractivity contribution in [2.45, 2.75) is 110 Å². The Morgan fingerprint density at radius 2 is 1.63 bits per heavy atom. The van der Waals surface area contributed by atoms with Gasteiger partial charge in [-0.15, -0.1) is 0 Å². The molecule has 2 saturated carbocycles. The summed E-state index contributed by atoms with van der Waals surface area (Å²) in [6.07, 6.45) is 3.62. The van der Waals surface area contributed by atoms with E-state index in [9.17, 15) is 28.8 Å². The highest BCUT2D eigenvalue weighted by Gasteiger charge is 2.70. The van der Waals surface area contributed by atoms with Crippen LogP contribution in [0.4, 0.5) is 9.59 Å². The van der Waals surface area contributed by atoms with E-state index in [1.807, 2.05) is 45.0 Å². The molecule has 0 bridgehead atoms. The van der Waals surface area contributed by atoms with Gasteiger partial charge in [0, 0.05) is 12.1 Å². The summed E-state index contributed by atoms with van der Waals surface area (Å²) in [6.45, 7) is 15.4. The van der Waals surface area contributed by atoms with Gasteiger partial charge in [0.05, 0.1) is 12.1 Å². The van der Waals surface area contributed by atoms with E-state index in [2.05, 4.69) is 41.7 Å². The quantitative estimate of drug-likeness (QED) is 0.154. The van der Waals surface area contributed by atoms with Gasteiger partial charge in [0.2, 0.25) is 17.6 Å². The number of carbonyl (C=O) groups excluding carboxylic acids is 6. The second-order valence-electron chi connectivity index (χ2n) is 16.6. The molecule has 3 fully saturated rings. The Morgan fingerprint density at radius 1 is 1.00 bits per heavy atom. The maximum atomic E-state index is 14.7. The number of likely N-dealkylation sites (tertiary alicyclic amines) is 1. The number of hydrogen-bond acceptors (Lipinski definition) is 7. The molecule has 0 radical (unpaired) electrons. The predicted molar refractivity (Wildman–Crippen MR) is 190 cm³/mol. The molecule has 1 saturated heterocycles. The Kier molecular flexibility index (Phi) is 10.9. The Bertz CT molecular complexity index is 1550. The van der Waals surface area contributed by atoms with Gasteiger partial charge in [-0.3, -0.25) is 19.2 Å². The van der Waals surface area contributed by atoms with Crippen LogP contribution in [0.2, 0.25) is 0 Å². The number of Topliss-reactive ketones (excluding diaryl/α,β-unsaturated/α-hetero) is 1. The molecule has 6 amide bonds. The number of amides is 6. The summed E-state index contributed by atoms with van der Waals surface area (Å²) in [5.74, 6) is -3.03. The lowest BCUT2D eigenvalue weighted by atomic mass is 9.80. The van der Waals surface area contributed by atoms with Crippen molar-refractivity contribution in [2.24, 2.45) is 34.8 Å². The first kappa shape index (κ1) is 37.8. The van der Waals surface area contributed by atoms with E-state index in [4.69, 9.17) is 10.5 Å². The minimum absolute atomic E-state index is 0.0496. The summed E-state index contributed by atoms with van der Waals surface area (Å²) in [5.41, 5.74) is 7.37. The molecular formula is C38H54N6O7. The molecule has 51 heavy (non-hydrogen) atoms. The van der Waals surface area contributed by atoms with Crippen LogP contribution in [-0.2, 0) is 36.8 Å². The maximum Gasteiger partial charge on any atom is 0.407 e. The van der Waals surface area contributed by atoms with Crippen LogP contribution in [0.1, 0.15) is 78.4 Å². The van der Waals surface area contributed by atoms with Gasteiger partial charge in [0.1, 0.15) is 18.7 Å². The van der Waals surface area contributed by atoms with Crippen molar-refractivity contribution in [1.82, 2.24) is 26.2 Å². The van der Waals surface area contributed by atoms with Gasteiger partial charge < -0.3 is 36.6 Å². The number of alkyl carbamates (subject to hydrolysis) is 1. The lowest BCUT2D eigenvalue weighted by Gasteiger charge is -2.36. The molecule has 278 valence electrons. The Labute approximate surface area is 300 Å². The van der Waals surface area contributed by atoms with Gasteiger partial charge in [-0.25, -0.2) is 9.59 Å². The van der Waals surface area contributed by atoms with E-state index in [-0.39, 0.29) is 35.7 Å². The minimum atomic E-state index is -1.10. The van der Waals surface area contributed by atoms with Crippen LogP contribution < -0.4 is 27.0 Å². The summed E-state index contributed by atoms with van der Waals surface area (Å²) < 4.78 is 5.37. The molecule has 5 rings (SSSR count). The van der Waals surface area contributed by atoms with Gasteiger partial charge >= 0.3 is 12.1 Å². The summed E-state index contributed by atoms with van der Waals surface area (Å²) in [4.78, 5) is 81.1. The fraction of sp³-hybridized carbons (Fsp3) is 0.632. The Balaban J connectivity index is 1.36. The van der Waals surface area contributed by atoms with Crippen LogP contribution in [0.15, 0.2) is 36.4 Å². The first-order chi connectivity index (χ1) is 23.9. The molecule has 0 aromatic heterocycles. The van der Waals surface area contributed by atoms with Crippen LogP contribution in [0.3, 0.4) is 0 Å². The van der Waals surface area contributed by atoms with Crippen LogP contribution in [-0.4, -0.2) is 83.4 Å². The number of nitrogens with one attached hydrogen (secondary N) is 4. The first-order valence-corrected chi connectivity index (χ1v) is 18.1. The summed E-state index contributed by atoms with van der Waals surface area (Å²) in [5, 5.41) is 11.3. The monoisotopic (exact) mass is 706 g/mol. The van der Waals surface area contributed by atoms with Crippen molar-refractivity contribution < 1.29 is 33.5 Å². The van der Waals surface area contributed by atoms with Crippen LogP contribution >= 0.6 is 0 Å². The normalized spacial score (nSPS) is 23.7. The van der Waals surface area contributed by atoms with Crippen molar-refractivity contribution in [1.29, 1.82) is 0 Å². The number of carbonyl (C=O) groups is 6. The number of ketones is 1. The lowest BCUT2D eigenvalue weighted by molar-refractivity contribution is -0.144. The highest BCUT2D eigenvalue weighted by Crippen LogP contribution is 2.65. The van der Waals surface area contributed by atoms with Crippen LogP contribution in [0, 0.1) is 29.1 Å². The summed E-state index contributed by atoms with van der Waals surface area (Å²) in [6, 6.07) is 3.57. The number of rotatable bonds is 13. The fourth-order valence-corrected chi connectivity index (χ4v) is 8.07. The van der Waals surface area contributed by atoms with E-state index < -0.39 is 65.3 Å². The van der Waals surface area contributed by atoms with E-state index in [0.717, 1.165) is 30.4 Å². The van der Waals surface area contributed by atoms with Gasteiger partial charge in [-0.2, -0.15) is 0 Å². The number of ether oxygens (including phenoxy) is 1. The van der Waals surface area contributed by atoms with Crippen molar-refractivity contribution in [2.75, 3.05) is 13.2 Å². The molecule has 1 aliphatic heterocycles. The summed E-state index contributed by atoms with van der Waals surface area (Å²) in [7, 11) is 0. The molecule has 4 aliphatic rings. The van der Waals surface area contributed by atoms with E-state index in [1.54, 1.807) is 11.8 Å². The molecule has 3 aliphatic carbocycles. The number of fused-ring (bicyclic) bond motifs is 2. The third kappa shape index (κ3) is 8.56. The van der Waals surface area contributed by atoms with Gasteiger partial charge in [0.15, 0.2) is 0 Å². The molecule has 1 aromatic carbocycles. The van der Waals surface area contributed by atoms with Crippen molar-refractivity contribution in [3.8, 4) is 0 Å². The third-order valence-electron chi connectivity index (χ3n) is 11.3. The smallest absolute Gasteiger partial charge is 0.407 e. The molecule has 6 atom stereocenters. The molecule has 6 N–H and O–H groups in total. The standard InChI is InChI=1S/C38H54N6O7/c1-20(2)27(19-51-36(50)43-37(3,4)5)41-35(49)42-29(24-16-22-13-8-9-14-23(22)17-24)34(48)44-18-25-28(38(25,6)7)30(44)33(47)40-26(31(45)32(39)46)15-21-11-10-12-21/h8-9,13-14,21,24-30H,1,10-12,15-19H2,2-7H3,(H2,39,46)(H,40,47)(H,43,50)(H2,41,42,49)/t25-,26?,27+,28-,29-,30-/m0/s1. The molecule has 1 unspecified atom stereocenters. The van der Waals surface area contributed by atoms with Crippen molar-refractivity contribution >= 4 is 35.6 Å². The molecule has 1 heterocycles. The second kappa shape index (κ2) is 14.7. The third-order valence-corrected chi connectivity index (χ3v) is 11.3. The second-order valence-corrected chi connectivity index (χ2v) is 16.6. The molecule has 13 nitrogen and oxygen atoms in total. The molecule has 0 spiro atoms. The number of nitrogens with zero attached hydrogens (tertiary/aromatic N) is 1. The number of benzene rings is 1. The van der Waals surface area contributed by atoms with Crippen LogP contribution in [0.25, 0.3) is 0 Å². The zero-order valence-electron chi connectivity index (χ0n) is 30.7. The fourth-order valence-electron chi connectivity index (χ4n) is 8.07. The summed E-state index contributed by atoms with van der Waals surface area (Å²) >= 11 is 0. The number of primary amides is 1.